The first kappa shape index (κ1) is 20.5. The predicted molar refractivity (Wildman–Crippen MR) is 104 cm³/mol. The van der Waals surface area contributed by atoms with Gasteiger partial charge in [0, 0.05) is 17.0 Å². The highest BCUT2D eigenvalue weighted by Gasteiger charge is 2.50. The zero-order valence-electron chi connectivity index (χ0n) is 15.5. The van der Waals surface area contributed by atoms with E-state index in [0.717, 1.165) is 4.88 Å². The van der Waals surface area contributed by atoms with E-state index in [9.17, 15) is 23.6 Å². The van der Waals surface area contributed by atoms with E-state index in [0.29, 0.717) is 17.9 Å². The molecule has 0 radical (unpaired) electrons. The van der Waals surface area contributed by atoms with Crippen LogP contribution in [0.15, 0.2) is 41.8 Å². The Morgan fingerprint density at radius 1 is 1.21 bits per heavy atom. The fraction of sp³-hybridized carbons (Fsp3) is 0.263. The van der Waals surface area contributed by atoms with E-state index in [1.165, 1.54) is 25.1 Å². The summed E-state index contributed by atoms with van der Waals surface area (Å²) >= 11 is 1.56. The number of rotatable bonds is 6. The Morgan fingerprint density at radius 3 is 2.66 bits per heavy atom. The topological polar surface area (TPSA) is 108 Å². The quantitative estimate of drug-likeness (QED) is 0.621. The number of urea groups is 2. The maximum absolute atomic E-state index is 14.1. The molecule has 1 aliphatic rings. The average molecular weight is 418 g/mol. The van der Waals surface area contributed by atoms with E-state index >= 15 is 0 Å². The van der Waals surface area contributed by atoms with Gasteiger partial charge in [-0.3, -0.25) is 19.8 Å². The van der Waals surface area contributed by atoms with Gasteiger partial charge < -0.3 is 10.6 Å². The third-order valence-corrected chi connectivity index (χ3v) is 5.42. The zero-order chi connectivity index (χ0) is 21.0. The fourth-order valence-corrected chi connectivity index (χ4v) is 3.71. The van der Waals surface area contributed by atoms with Crippen LogP contribution in [0.1, 0.15) is 17.4 Å². The molecule has 29 heavy (non-hydrogen) atoms. The second kappa shape index (κ2) is 8.39. The van der Waals surface area contributed by atoms with Gasteiger partial charge in [0.25, 0.3) is 5.91 Å². The molecular formula is C19H19FN4O4S. The Hall–Kier alpha value is -3.27. The summed E-state index contributed by atoms with van der Waals surface area (Å²) in [6, 6.07) is 7.83. The molecule has 0 spiro atoms. The number of carbonyl (C=O) groups is 4. The van der Waals surface area contributed by atoms with Gasteiger partial charge in [0.05, 0.1) is 0 Å². The van der Waals surface area contributed by atoms with Gasteiger partial charge in [-0.1, -0.05) is 24.3 Å². The van der Waals surface area contributed by atoms with Crippen molar-refractivity contribution < 1.29 is 23.6 Å². The molecule has 1 aromatic heterocycles. The molecule has 2 heterocycles. The normalized spacial score (nSPS) is 18.5. The van der Waals surface area contributed by atoms with Crippen molar-refractivity contribution in [1.29, 1.82) is 0 Å². The van der Waals surface area contributed by atoms with E-state index in [1.807, 2.05) is 17.5 Å². The minimum atomic E-state index is -1.63. The molecule has 2 aromatic rings. The molecule has 152 valence electrons. The summed E-state index contributed by atoms with van der Waals surface area (Å²) in [6.45, 7) is 1.03. The number of hydrogen-bond donors (Lipinski definition) is 3. The van der Waals surface area contributed by atoms with Crippen LogP contribution in [0.3, 0.4) is 0 Å². The van der Waals surface area contributed by atoms with Gasteiger partial charge in [0.15, 0.2) is 0 Å². The minimum absolute atomic E-state index is 0.00687. The van der Waals surface area contributed by atoms with Gasteiger partial charge in [0.1, 0.15) is 17.9 Å². The molecule has 8 nitrogen and oxygen atoms in total. The summed E-state index contributed by atoms with van der Waals surface area (Å²) in [7, 11) is 0. The van der Waals surface area contributed by atoms with Crippen LogP contribution in [0.2, 0.25) is 0 Å². The number of imide groups is 2. The lowest BCUT2D eigenvalue weighted by molar-refractivity contribution is -0.134. The average Bonchev–Trinajstić information content (AvgIpc) is 3.25. The predicted octanol–water partition coefficient (Wildman–Crippen LogP) is 1.72. The molecular weight excluding hydrogens is 399 g/mol. The van der Waals surface area contributed by atoms with Gasteiger partial charge in [-0.25, -0.2) is 14.0 Å². The SMILES string of the molecule is CC1(c2ccccc2F)NC(=O)N(CC(=O)NC(=O)NCCc2cccs2)C1=O. The highest BCUT2D eigenvalue weighted by atomic mass is 32.1. The Bertz CT molecular complexity index is 949. The third kappa shape index (κ3) is 4.43. The van der Waals surface area contributed by atoms with Crippen LogP contribution in [0.25, 0.3) is 0 Å². The molecule has 0 saturated carbocycles. The highest BCUT2D eigenvalue weighted by molar-refractivity contribution is 7.09. The van der Waals surface area contributed by atoms with E-state index in [2.05, 4.69) is 16.0 Å². The van der Waals surface area contributed by atoms with E-state index in [1.54, 1.807) is 17.4 Å². The van der Waals surface area contributed by atoms with Gasteiger partial charge in [-0.05, 0) is 30.9 Å². The summed E-state index contributed by atoms with van der Waals surface area (Å²) in [5.41, 5.74) is -1.64. The van der Waals surface area contributed by atoms with Crippen molar-refractivity contribution in [2.75, 3.05) is 13.1 Å². The van der Waals surface area contributed by atoms with Crippen molar-refractivity contribution in [3.05, 3.63) is 58.0 Å². The number of hydrogen-bond acceptors (Lipinski definition) is 5. The lowest BCUT2D eigenvalue weighted by Gasteiger charge is -2.22. The molecule has 1 aromatic carbocycles. The molecule has 1 atom stereocenters. The summed E-state index contributed by atoms with van der Waals surface area (Å²) in [4.78, 5) is 50.6. The van der Waals surface area contributed by atoms with Gasteiger partial charge in [-0.15, -0.1) is 11.3 Å². The van der Waals surface area contributed by atoms with Gasteiger partial charge in [0.2, 0.25) is 5.91 Å². The summed E-state index contributed by atoms with van der Waals surface area (Å²) < 4.78 is 14.1. The second-order valence-electron chi connectivity index (χ2n) is 6.56. The first-order valence-electron chi connectivity index (χ1n) is 8.80. The van der Waals surface area contributed by atoms with Crippen molar-refractivity contribution in [3.8, 4) is 0 Å². The minimum Gasteiger partial charge on any atom is -0.337 e. The third-order valence-electron chi connectivity index (χ3n) is 4.48. The molecule has 0 aliphatic carbocycles. The first-order chi connectivity index (χ1) is 13.8. The molecule has 1 fully saturated rings. The van der Waals surface area contributed by atoms with Crippen molar-refractivity contribution >= 4 is 35.2 Å². The monoisotopic (exact) mass is 418 g/mol. The Balaban J connectivity index is 1.56. The number of nitrogens with one attached hydrogen (secondary N) is 3. The maximum atomic E-state index is 14.1. The van der Waals surface area contributed by atoms with Crippen LogP contribution in [-0.2, 0) is 21.5 Å². The van der Waals surface area contributed by atoms with E-state index in [4.69, 9.17) is 0 Å². The summed E-state index contributed by atoms with van der Waals surface area (Å²) in [6.07, 6.45) is 0.618. The number of thiophene rings is 1. The largest absolute Gasteiger partial charge is 0.337 e. The smallest absolute Gasteiger partial charge is 0.325 e. The molecule has 3 N–H and O–H groups in total. The molecule has 10 heteroatoms. The van der Waals surface area contributed by atoms with E-state index < -0.39 is 41.8 Å². The number of benzene rings is 1. The van der Waals surface area contributed by atoms with Crippen LogP contribution in [-0.4, -0.2) is 41.9 Å². The zero-order valence-corrected chi connectivity index (χ0v) is 16.3. The maximum Gasteiger partial charge on any atom is 0.325 e. The molecule has 1 saturated heterocycles. The number of nitrogens with zero attached hydrogens (tertiary/aromatic N) is 1. The standard InChI is InChI=1S/C19H19FN4O4S/c1-19(13-6-2-3-7-14(13)20)16(26)24(18(28)23-19)11-15(25)22-17(27)21-9-8-12-5-4-10-29-12/h2-7,10H,8-9,11H2,1H3,(H,23,28)(H2,21,22,25,27). The second-order valence-corrected chi connectivity index (χ2v) is 7.59. The Kier molecular flexibility index (Phi) is 5.92. The number of halogens is 1. The van der Waals surface area contributed by atoms with Crippen LogP contribution in [0.4, 0.5) is 14.0 Å². The van der Waals surface area contributed by atoms with Crippen molar-refractivity contribution in [1.82, 2.24) is 20.9 Å². The first-order valence-corrected chi connectivity index (χ1v) is 9.68. The molecule has 1 aliphatic heterocycles. The van der Waals surface area contributed by atoms with Crippen molar-refractivity contribution in [3.63, 3.8) is 0 Å². The molecule has 3 rings (SSSR count). The number of carbonyl (C=O) groups excluding carboxylic acids is 4. The molecule has 1 unspecified atom stereocenters. The van der Waals surface area contributed by atoms with Crippen LogP contribution < -0.4 is 16.0 Å². The van der Waals surface area contributed by atoms with E-state index in [-0.39, 0.29) is 5.56 Å². The van der Waals surface area contributed by atoms with Crippen molar-refractivity contribution in [2.24, 2.45) is 0 Å². The van der Waals surface area contributed by atoms with Crippen LogP contribution in [0, 0.1) is 5.82 Å². The van der Waals surface area contributed by atoms with Crippen molar-refractivity contribution in [2.45, 2.75) is 18.9 Å². The molecule has 6 amide bonds. The number of amides is 6. The van der Waals surface area contributed by atoms with Gasteiger partial charge in [-0.2, -0.15) is 0 Å². The summed E-state index contributed by atoms with van der Waals surface area (Å²) in [5.74, 6) is -2.26. The lowest BCUT2D eigenvalue weighted by Crippen LogP contribution is -2.47. The molecule has 0 bridgehead atoms. The lowest BCUT2D eigenvalue weighted by atomic mass is 9.91. The Labute approximate surface area is 170 Å². The fourth-order valence-electron chi connectivity index (χ4n) is 3.00. The van der Waals surface area contributed by atoms with Crippen LogP contribution in [0.5, 0.6) is 0 Å². The summed E-state index contributed by atoms with van der Waals surface area (Å²) in [5, 5.41) is 8.94. The Morgan fingerprint density at radius 2 is 1.97 bits per heavy atom. The van der Waals surface area contributed by atoms with Crippen LogP contribution >= 0.6 is 11.3 Å². The van der Waals surface area contributed by atoms with Gasteiger partial charge >= 0.3 is 12.1 Å². The highest BCUT2D eigenvalue weighted by Crippen LogP contribution is 2.30.